The Morgan fingerprint density at radius 2 is 1.67 bits per heavy atom. The number of benzene rings is 2. The van der Waals surface area contributed by atoms with Gasteiger partial charge in [0.25, 0.3) is 0 Å². The van der Waals surface area contributed by atoms with Gasteiger partial charge in [0.15, 0.2) is 0 Å². The van der Waals surface area contributed by atoms with Crippen molar-refractivity contribution in [3.05, 3.63) is 77.9 Å². The lowest BCUT2D eigenvalue weighted by molar-refractivity contribution is 0.733. The Bertz CT molecular complexity index is 523. The highest BCUT2D eigenvalue weighted by molar-refractivity contribution is 5.78. The zero-order valence-corrected chi connectivity index (χ0v) is 11.2. The van der Waals surface area contributed by atoms with Crippen molar-refractivity contribution in [1.82, 2.24) is 0 Å². The zero-order chi connectivity index (χ0) is 13.0. The van der Waals surface area contributed by atoms with Crippen LogP contribution in [0.15, 0.2) is 61.2 Å². The summed E-state index contributed by atoms with van der Waals surface area (Å²) in [4.78, 5) is 0. The van der Waals surface area contributed by atoms with Crippen LogP contribution in [-0.2, 0) is 0 Å². The van der Waals surface area contributed by atoms with Gasteiger partial charge in [-0.3, -0.25) is 0 Å². The van der Waals surface area contributed by atoms with Gasteiger partial charge in [-0.2, -0.15) is 0 Å². The molecule has 0 nitrogen and oxygen atoms in total. The summed E-state index contributed by atoms with van der Waals surface area (Å²) in [5.41, 5.74) is 4.91. The second-order valence-electron chi connectivity index (χ2n) is 4.78. The smallest absolute Gasteiger partial charge is 0.0181 e. The highest BCUT2D eigenvalue weighted by Crippen LogP contribution is 2.25. The van der Waals surface area contributed by atoms with Crippen molar-refractivity contribution < 1.29 is 0 Å². The first kappa shape index (κ1) is 12.6. The molecule has 0 fully saturated rings. The molecule has 2 aromatic rings. The molecule has 0 saturated heterocycles. The average Bonchev–Trinajstić information content (AvgIpc) is 2.46. The van der Waals surface area contributed by atoms with Gasteiger partial charge < -0.3 is 0 Å². The SMILES string of the molecule is C=C(c1ccccc1)c1cccc(C(C)CC)c1. The Kier molecular flexibility index (Phi) is 3.99. The zero-order valence-electron chi connectivity index (χ0n) is 11.2. The first-order valence-electron chi connectivity index (χ1n) is 6.57. The van der Waals surface area contributed by atoms with Gasteiger partial charge in [0.2, 0.25) is 0 Å². The van der Waals surface area contributed by atoms with Crippen LogP contribution in [0.1, 0.15) is 42.9 Å². The highest BCUT2D eigenvalue weighted by Gasteiger charge is 2.06. The topological polar surface area (TPSA) is 0 Å². The van der Waals surface area contributed by atoms with Gasteiger partial charge in [-0.15, -0.1) is 0 Å². The third-order valence-corrected chi connectivity index (χ3v) is 3.54. The van der Waals surface area contributed by atoms with Gasteiger partial charge in [-0.05, 0) is 34.6 Å². The van der Waals surface area contributed by atoms with Crippen molar-refractivity contribution in [2.45, 2.75) is 26.2 Å². The average molecular weight is 236 g/mol. The molecule has 0 aliphatic carbocycles. The lowest BCUT2D eigenvalue weighted by Gasteiger charge is -2.12. The molecule has 0 aromatic heterocycles. The van der Waals surface area contributed by atoms with Crippen molar-refractivity contribution in [2.24, 2.45) is 0 Å². The summed E-state index contributed by atoms with van der Waals surface area (Å²) >= 11 is 0. The van der Waals surface area contributed by atoms with Crippen molar-refractivity contribution in [3.63, 3.8) is 0 Å². The van der Waals surface area contributed by atoms with E-state index in [0.717, 1.165) is 5.57 Å². The van der Waals surface area contributed by atoms with Crippen LogP contribution in [0.5, 0.6) is 0 Å². The molecule has 0 aliphatic rings. The molecule has 0 heteroatoms. The van der Waals surface area contributed by atoms with Crippen LogP contribution in [-0.4, -0.2) is 0 Å². The van der Waals surface area contributed by atoms with Crippen molar-refractivity contribution in [1.29, 1.82) is 0 Å². The third kappa shape index (κ3) is 2.70. The van der Waals surface area contributed by atoms with Crippen LogP contribution in [0.25, 0.3) is 5.57 Å². The fraction of sp³-hybridized carbons (Fsp3) is 0.222. The van der Waals surface area contributed by atoms with E-state index < -0.39 is 0 Å². The minimum atomic E-state index is 0.605. The summed E-state index contributed by atoms with van der Waals surface area (Å²) in [6, 6.07) is 19.1. The van der Waals surface area contributed by atoms with E-state index in [4.69, 9.17) is 0 Å². The molecule has 0 amide bonds. The summed E-state index contributed by atoms with van der Waals surface area (Å²) in [6.07, 6.45) is 1.17. The molecule has 0 heterocycles. The monoisotopic (exact) mass is 236 g/mol. The van der Waals surface area contributed by atoms with Crippen molar-refractivity contribution in [2.75, 3.05) is 0 Å². The maximum Gasteiger partial charge on any atom is -0.0181 e. The van der Waals surface area contributed by atoms with Crippen LogP contribution >= 0.6 is 0 Å². The maximum atomic E-state index is 4.22. The Balaban J connectivity index is 2.32. The largest absolute Gasteiger partial charge is 0.0906 e. The number of hydrogen-bond donors (Lipinski definition) is 0. The predicted octanol–water partition coefficient (Wildman–Crippen LogP) is 5.26. The highest BCUT2D eigenvalue weighted by atomic mass is 14.1. The molecule has 0 bridgehead atoms. The molecule has 0 spiro atoms. The molecule has 18 heavy (non-hydrogen) atoms. The molecule has 1 atom stereocenters. The molecular weight excluding hydrogens is 216 g/mol. The number of hydrogen-bond acceptors (Lipinski definition) is 0. The first-order valence-corrected chi connectivity index (χ1v) is 6.57. The summed E-state index contributed by atoms with van der Waals surface area (Å²) in [5.74, 6) is 0.605. The maximum absolute atomic E-state index is 4.22. The molecule has 1 unspecified atom stereocenters. The molecule has 0 aliphatic heterocycles. The van der Waals surface area contributed by atoms with E-state index in [9.17, 15) is 0 Å². The second-order valence-corrected chi connectivity index (χ2v) is 4.78. The first-order chi connectivity index (χ1) is 8.72. The van der Waals surface area contributed by atoms with Crippen LogP contribution in [0.4, 0.5) is 0 Å². The van der Waals surface area contributed by atoms with E-state index in [1.807, 2.05) is 6.07 Å². The quantitative estimate of drug-likeness (QED) is 0.679. The van der Waals surface area contributed by atoms with E-state index in [0.29, 0.717) is 5.92 Å². The van der Waals surface area contributed by atoms with Gasteiger partial charge in [0.1, 0.15) is 0 Å². The van der Waals surface area contributed by atoms with Gasteiger partial charge in [-0.25, -0.2) is 0 Å². The van der Waals surface area contributed by atoms with Crippen LogP contribution < -0.4 is 0 Å². The molecule has 2 aromatic carbocycles. The van der Waals surface area contributed by atoms with E-state index in [-0.39, 0.29) is 0 Å². The van der Waals surface area contributed by atoms with E-state index in [2.05, 4.69) is 69.0 Å². The summed E-state index contributed by atoms with van der Waals surface area (Å²) < 4.78 is 0. The lowest BCUT2D eigenvalue weighted by atomic mass is 9.93. The summed E-state index contributed by atoms with van der Waals surface area (Å²) in [5, 5.41) is 0. The Morgan fingerprint density at radius 1 is 1.00 bits per heavy atom. The van der Waals surface area contributed by atoms with E-state index in [1.165, 1.54) is 23.1 Å². The molecule has 0 saturated carbocycles. The van der Waals surface area contributed by atoms with Gasteiger partial charge in [0.05, 0.1) is 0 Å². The molecular formula is C18H20. The number of rotatable bonds is 4. The minimum absolute atomic E-state index is 0.605. The van der Waals surface area contributed by atoms with Crippen molar-refractivity contribution >= 4 is 5.57 Å². The second kappa shape index (κ2) is 5.68. The van der Waals surface area contributed by atoms with Crippen LogP contribution in [0.2, 0.25) is 0 Å². The lowest BCUT2D eigenvalue weighted by Crippen LogP contribution is -1.93. The Morgan fingerprint density at radius 3 is 2.33 bits per heavy atom. The van der Waals surface area contributed by atoms with Crippen LogP contribution in [0.3, 0.4) is 0 Å². The van der Waals surface area contributed by atoms with Gasteiger partial charge in [-0.1, -0.05) is 75.0 Å². The minimum Gasteiger partial charge on any atom is -0.0906 e. The molecule has 92 valence electrons. The summed E-state index contributed by atoms with van der Waals surface area (Å²) in [7, 11) is 0. The van der Waals surface area contributed by atoms with E-state index >= 15 is 0 Å². The van der Waals surface area contributed by atoms with Gasteiger partial charge in [0, 0.05) is 0 Å². The normalized spacial score (nSPS) is 12.1. The Labute approximate surface area is 110 Å². The van der Waals surface area contributed by atoms with Crippen molar-refractivity contribution in [3.8, 4) is 0 Å². The predicted molar refractivity (Wildman–Crippen MR) is 79.7 cm³/mol. The van der Waals surface area contributed by atoms with Gasteiger partial charge >= 0.3 is 0 Å². The standard InChI is InChI=1S/C18H20/c1-4-14(2)17-11-8-12-18(13-17)15(3)16-9-6-5-7-10-16/h5-14H,3-4H2,1-2H3. The Hall–Kier alpha value is -1.82. The third-order valence-electron chi connectivity index (χ3n) is 3.54. The summed E-state index contributed by atoms with van der Waals surface area (Å²) in [6.45, 7) is 8.72. The fourth-order valence-corrected chi connectivity index (χ4v) is 2.07. The molecule has 0 N–H and O–H groups in total. The molecule has 2 rings (SSSR count). The van der Waals surface area contributed by atoms with Crippen LogP contribution in [0, 0.1) is 0 Å². The molecule has 0 radical (unpaired) electrons. The fourth-order valence-electron chi connectivity index (χ4n) is 2.07. The van der Waals surface area contributed by atoms with E-state index in [1.54, 1.807) is 0 Å².